The lowest BCUT2D eigenvalue weighted by Gasteiger charge is -2.22. The lowest BCUT2D eigenvalue weighted by Crippen LogP contribution is -2.35. The molecule has 1 rings (SSSR count). The molecule has 0 spiro atoms. The zero-order valence-corrected chi connectivity index (χ0v) is 16.5. The van der Waals surface area contributed by atoms with Gasteiger partial charge in [0, 0.05) is 41.3 Å². The largest absolute Gasteiger partial charge is 0.497 e. The highest BCUT2D eigenvalue weighted by molar-refractivity contribution is 14.0. The molecule has 0 aromatic heterocycles. The summed E-state index contributed by atoms with van der Waals surface area (Å²) in [6.45, 7) is 2.11. The van der Waals surface area contributed by atoms with Crippen molar-refractivity contribution in [1.82, 2.24) is 9.80 Å². The molecule has 0 fully saturated rings. The molecule has 0 heterocycles. The number of hydrogen-bond acceptors (Lipinski definition) is 3. The first-order chi connectivity index (χ1) is 10.0. The maximum atomic E-state index is 5.66. The third-order valence-electron chi connectivity index (χ3n) is 2.93. The number of halogens is 1. The Morgan fingerprint density at radius 2 is 1.64 bits per heavy atom. The number of rotatable bonds is 7. The average molecular weight is 421 g/mol. The van der Waals surface area contributed by atoms with E-state index >= 15 is 0 Å². The van der Waals surface area contributed by atoms with Crippen molar-refractivity contribution in [2.75, 3.05) is 48.5 Å². The molecule has 0 aliphatic carbocycles. The van der Waals surface area contributed by atoms with Crippen molar-refractivity contribution in [1.29, 1.82) is 0 Å². The minimum absolute atomic E-state index is 0. The molecule has 0 bridgehead atoms. The topological polar surface area (TPSA) is 37.3 Å². The normalized spacial score (nSPS) is 9.68. The minimum atomic E-state index is 0. The van der Waals surface area contributed by atoms with Crippen LogP contribution in [0, 0.1) is 0 Å². The van der Waals surface area contributed by atoms with E-state index in [0.29, 0.717) is 13.2 Å². The maximum Gasteiger partial charge on any atom is 0.195 e. The Bertz CT molecular complexity index is 424. The van der Waals surface area contributed by atoms with Crippen molar-refractivity contribution in [3.8, 4) is 5.75 Å². The lowest BCUT2D eigenvalue weighted by molar-refractivity contribution is 0.120. The van der Waals surface area contributed by atoms with Crippen LogP contribution in [0.3, 0.4) is 0 Å². The van der Waals surface area contributed by atoms with Gasteiger partial charge >= 0.3 is 0 Å². The summed E-state index contributed by atoms with van der Waals surface area (Å²) in [6.07, 6.45) is 0.918. The van der Waals surface area contributed by atoms with Crippen LogP contribution in [0.5, 0.6) is 5.75 Å². The van der Waals surface area contributed by atoms with E-state index in [9.17, 15) is 0 Å². The second kappa shape index (κ2) is 11.5. The number of benzene rings is 1. The average Bonchev–Trinajstić information content (AvgIpc) is 2.46. The number of methoxy groups -OCH3 is 1. The summed E-state index contributed by atoms with van der Waals surface area (Å²) in [5.74, 6) is 1.85. The van der Waals surface area contributed by atoms with Crippen LogP contribution in [-0.2, 0) is 11.3 Å². The Balaban J connectivity index is 0.00000441. The molecule has 5 nitrogen and oxygen atoms in total. The van der Waals surface area contributed by atoms with Crippen LogP contribution >= 0.6 is 24.0 Å². The van der Waals surface area contributed by atoms with E-state index in [4.69, 9.17) is 9.47 Å². The van der Waals surface area contributed by atoms with Crippen molar-refractivity contribution in [2.24, 2.45) is 4.99 Å². The van der Waals surface area contributed by atoms with Crippen LogP contribution in [-0.4, -0.2) is 64.2 Å². The van der Waals surface area contributed by atoms with E-state index in [1.165, 1.54) is 0 Å². The highest BCUT2D eigenvalue weighted by atomic mass is 127. The second-order valence-corrected chi connectivity index (χ2v) is 5.22. The van der Waals surface area contributed by atoms with Crippen molar-refractivity contribution in [3.05, 3.63) is 29.8 Å². The molecular weight excluding hydrogens is 393 g/mol. The quantitative estimate of drug-likeness (QED) is 0.294. The molecule has 1 aromatic carbocycles. The Kier molecular flexibility index (Phi) is 11.0. The van der Waals surface area contributed by atoms with Crippen molar-refractivity contribution in [3.63, 3.8) is 0 Å². The van der Waals surface area contributed by atoms with E-state index in [2.05, 4.69) is 4.99 Å². The van der Waals surface area contributed by atoms with E-state index in [1.807, 2.05) is 62.3 Å². The molecule has 6 heteroatoms. The van der Waals surface area contributed by atoms with Gasteiger partial charge < -0.3 is 19.3 Å². The molecular formula is C16H28IN3O2. The summed E-state index contributed by atoms with van der Waals surface area (Å²) < 4.78 is 10.8. The summed E-state index contributed by atoms with van der Waals surface area (Å²) in [5, 5.41) is 0. The lowest BCUT2D eigenvalue weighted by atomic mass is 10.2. The Hall–Kier alpha value is -1.02. The van der Waals surface area contributed by atoms with Crippen LogP contribution in [0.25, 0.3) is 0 Å². The fraction of sp³-hybridized carbons (Fsp3) is 0.562. The van der Waals surface area contributed by atoms with Gasteiger partial charge in [0.1, 0.15) is 5.75 Å². The zero-order chi connectivity index (χ0) is 15.7. The Morgan fingerprint density at radius 3 is 2.14 bits per heavy atom. The second-order valence-electron chi connectivity index (χ2n) is 5.22. The first kappa shape index (κ1) is 21.0. The predicted molar refractivity (Wildman–Crippen MR) is 102 cm³/mol. The fourth-order valence-corrected chi connectivity index (χ4v) is 1.94. The van der Waals surface area contributed by atoms with Gasteiger partial charge in [0.15, 0.2) is 5.96 Å². The monoisotopic (exact) mass is 421 g/mol. The smallest absolute Gasteiger partial charge is 0.195 e. The van der Waals surface area contributed by atoms with Crippen molar-refractivity contribution < 1.29 is 9.47 Å². The molecule has 126 valence electrons. The van der Waals surface area contributed by atoms with Gasteiger partial charge in [-0.2, -0.15) is 0 Å². The van der Waals surface area contributed by atoms with E-state index in [1.54, 1.807) is 7.11 Å². The van der Waals surface area contributed by atoms with Gasteiger partial charge in [0.25, 0.3) is 0 Å². The van der Waals surface area contributed by atoms with Crippen LogP contribution in [0.15, 0.2) is 29.3 Å². The van der Waals surface area contributed by atoms with Gasteiger partial charge in [-0.25, -0.2) is 0 Å². The number of guanidine groups is 1. The van der Waals surface area contributed by atoms with Gasteiger partial charge in [-0.05, 0) is 24.1 Å². The fourth-order valence-electron chi connectivity index (χ4n) is 1.94. The SMILES string of the molecule is COc1ccc(COCCCN=C(N(C)C)N(C)C)cc1.I. The summed E-state index contributed by atoms with van der Waals surface area (Å²) in [5.41, 5.74) is 1.15. The summed E-state index contributed by atoms with van der Waals surface area (Å²) in [4.78, 5) is 8.59. The van der Waals surface area contributed by atoms with Crippen molar-refractivity contribution in [2.45, 2.75) is 13.0 Å². The third-order valence-corrected chi connectivity index (χ3v) is 2.93. The standard InChI is InChI=1S/C16H27N3O2.HI/c1-18(2)16(19(3)4)17-11-6-12-21-13-14-7-9-15(20-5)10-8-14;/h7-10H,6,11-13H2,1-5H3;1H. The highest BCUT2D eigenvalue weighted by Crippen LogP contribution is 2.11. The number of hydrogen-bond donors (Lipinski definition) is 0. The van der Waals surface area contributed by atoms with Gasteiger partial charge in [0.05, 0.1) is 13.7 Å². The van der Waals surface area contributed by atoms with E-state index in [0.717, 1.165) is 30.2 Å². The molecule has 0 unspecified atom stereocenters. The molecule has 0 saturated heterocycles. The molecule has 0 amide bonds. The zero-order valence-electron chi connectivity index (χ0n) is 14.2. The summed E-state index contributed by atoms with van der Waals surface area (Å²) in [7, 11) is 9.66. The van der Waals surface area contributed by atoms with Gasteiger partial charge in [-0.1, -0.05) is 12.1 Å². The number of aliphatic imine (C=N–C) groups is 1. The van der Waals surface area contributed by atoms with Crippen LogP contribution in [0.4, 0.5) is 0 Å². The third kappa shape index (κ3) is 7.84. The predicted octanol–water partition coefficient (Wildman–Crippen LogP) is 2.70. The molecule has 0 saturated carbocycles. The maximum absolute atomic E-state index is 5.66. The molecule has 0 N–H and O–H groups in total. The molecule has 1 aromatic rings. The first-order valence-corrected chi connectivity index (χ1v) is 7.14. The molecule has 0 aliphatic heterocycles. The van der Waals surface area contributed by atoms with Crippen LogP contribution < -0.4 is 4.74 Å². The van der Waals surface area contributed by atoms with Crippen LogP contribution in [0.2, 0.25) is 0 Å². The molecule has 0 radical (unpaired) electrons. The molecule has 0 aliphatic rings. The van der Waals surface area contributed by atoms with Gasteiger partial charge in [0.2, 0.25) is 0 Å². The van der Waals surface area contributed by atoms with Gasteiger partial charge in [-0.3, -0.25) is 4.99 Å². The minimum Gasteiger partial charge on any atom is -0.497 e. The van der Waals surface area contributed by atoms with E-state index in [-0.39, 0.29) is 24.0 Å². The van der Waals surface area contributed by atoms with Crippen LogP contribution in [0.1, 0.15) is 12.0 Å². The molecule has 22 heavy (non-hydrogen) atoms. The van der Waals surface area contributed by atoms with E-state index < -0.39 is 0 Å². The highest BCUT2D eigenvalue weighted by Gasteiger charge is 2.02. The number of nitrogens with zero attached hydrogens (tertiary/aromatic N) is 3. The Morgan fingerprint density at radius 1 is 1.05 bits per heavy atom. The first-order valence-electron chi connectivity index (χ1n) is 7.14. The Labute approximate surface area is 151 Å². The van der Waals surface area contributed by atoms with Gasteiger partial charge in [-0.15, -0.1) is 24.0 Å². The molecule has 0 atom stereocenters. The number of ether oxygens (including phenoxy) is 2. The summed E-state index contributed by atoms with van der Waals surface area (Å²) in [6, 6.07) is 7.94. The van der Waals surface area contributed by atoms with Crippen molar-refractivity contribution >= 4 is 29.9 Å². The summed E-state index contributed by atoms with van der Waals surface area (Å²) >= 11 is 0.